The fourth-order valence-corrected chi connectivity index (χ4v) is 2.89. The number of carbonyl (C=O) groups excluding carboxylic acids is 2. The second-order valence-electron chi connectivity index (χ2n) is 6.83. The van der Waals surface area contributed by atoms with Crippen LogP contribution in [0.1, 0.15) is 38.3 Å². The van der Waals surface area contributed by atoms with Crippen LogP contribution in [0.3, 0.4) is 0 Å². The van der Waals surface area contributed by atoms with Crippen LogP contribution in [-0.2, 0) is 11.2 Å². The third kappa shape index (κ3) is 3.60. The number of urea groups is 1. The van der Waals surface area contributed by atoms with E-state index in [9.17, 15) is 14.9 Å². The van der Waals surface area contributed by atoms with E-state index in [1.807, 2.05) is 13.0 Å². The number of pyridine rings is 1. The summed E-state index contributed by atoms with van der Waals surface area (Å²) in [6.45, 7) is 5.35. The summed E-state index contributed by atoms with van der Waals surface area (Å²) in [6.07, 6.45) is 3.13. The molecule has 3 rings (SSSR count). The number of amides is 3. The third-order valence-corrected chi connectivity index (χ3v) is 4.28. The Labute approximate surface area is 157 Å². The number of hydrogen-bond acceptors (Lipinski definition) is 5. The van der Waals surface area contributed by atoms with Gasteiger partial charge in [0, 0.05) is 6.07 Å². The van der Waals surface area contributed by atoms with Crippen molar-refractivity contribution in [1.82, 2.24) is 10.3 Å². The Hall–Kier alpha value is -3.40. The van der Waals surface area contributed by atoms with Crippen LogP contribution in [0, 0.1) is 11.3 Å². The number of aromatic nitrogens is 1. The molecule has 0 unspecified atom stereocenters. The van der Waals surface area contributed by atoms with Gasteiger partial charge in [-0.25, -0.2) is 14.7 Å². The number of nitriles is 1. The number of anilines is 1. The smallest absolute Gasteiger partial charge is 0.329 e. The number of nitrogens with zero attached hydrogens (tertiary/aromatic N) is 3. The van der Waals surface area contributed by atoms with E-state index in [-0.39, 0.29) is 5.91 Å². The molecule has 1 fully saturated rings. The highest BCUT2D eigenvalue weighted by Gasteiger charge is 2.45. The van der Waals surface area contributed by atoms with Gasteiger partial charge in [0.05, 0.1) is 23.5 Å². The molecular formula is C20H20N4O3. The summed E-state index contributed by atoms with van der Waals surface area (Å²) in [5, 5.41) is 11.8. The molecule has 7 heteroatoms. The second kappa shape index (κ2) is 7.08. The van der Waals surface area contributed by atoms with Crippen LogP contribution in [0.5, 0.6) is 11.6 Å². The van der Waals surface area contributed by atoms with Crippen molar-refractivity contribution in [3.8, 4) is 17.7 Å². The molecule has 2 aromatic rings. The summed E-state index contributed by atoms with van der Waals surface area (Å²) >= 11 is 0. The summed E-state index contributed by atoms with van der Waals surface area (Å²) in [5.41, 5.74) is 0.996. The van der Waals surface area contributed by atoms with E-state index in [0.29, 0.717) is 22.9 Å². The summed E-state index contributed by atoms with van der Waals surface area (Å²) in [7, 11) is 0. The minimum absolute atomic E-state index is 0.331. The lowest BCUT2D eigenvalue weighted by Gasteiger charge is -2.16. The lowest BCUT2D eigenvalue weighted by molar-refractivity contribution is -0.121. The first-order valence-corrected chi connectivity index (χ1v) is 8.69. The van der Waals surface area contributed by atoms with Crippen LogP contribution in [0.4, 0.5) is 10.5 Å². The molecule has 0 radical (unpaired) electrons. The summed E-state index contributed by atoms with van der Waals surface area (Å²) in [4.78, 5) is 29.6. The maximum Gasteiger partial charge on any atom is 0.329 e. The molecule has 1 aliphatic rings. The van der Waals surface area contributed by atoms with Crippen LogP contribution < -0.4 is 15.0 Å². The lowest BCUT2D eigenvalue weighted by atomic mass is 10.0. The van der Waals surface area contributed by atoms with Crippen molar-refractivity contribution in [2.24, 2.45) is 0 Å². The van der Waals surface area contributed by atoms with Crippen LogP contribution in [0.15, 0.2) is 36.5 Å². The van der Waals surface area contributed by atoms with Gasteiger partial charge in [-0.1, -0.05) is 13.3 Å². The molecule has 1 N–H and O–H groups in total. The average Bonchev–Trinajstić information content (AvgIpc) is 2.84. The molecule has 0 saturated carbocycles. The number of imide groups is 1. The minimum Gasteiger partial charge on any atom is -0.439 e. The number of nitrogens with one attached hydrogen (secondary N) is 1. The van der Waals surface area contributed by atoms with E-state index in [0.717, 1.165) is 23.3 Å². The Morgan fingerprint density at radius 1 is 1.26 bits per heavy atom. The van der Waals surface area contributed by atoms with Gasteiger partial charge in [0.2, 0.25) is 5.88 Å². The Balaban J connectivity index is 1.79. The zero-order chi connectivity index (χ0) is 19.6. The standard InChI is InChI=1S/C20H20N4O3/c1-4-5-13-10-16(8-6-14(13)11-21)27-17-9-7-15(12-22-17)24-18(25)20(2,3)23-19(24)26/h6-10,12H,4-5H2,1-3H3,(H,23,26). The molecule has 27 heavy (non-hydrogen) atoms. The number of aryl methyl sites for hydroxylation is 1. The summed E-state index contributed by atoms with van der Waals surface area (Å²) in [5.74, 6) is 0.574. The van der Waals surface area contributed by atoms with E-state index < -0.39 is 11.6 Å². The summed E-state index contributed by atoms with van der Waals surface area (Å²) < 4.78 is 5.75. The van der Waals surface area contributed by atoms with E-state index in [2.05, 4.69) is 16.4 Å². The highest BCUT2D eigenvalue weighted by Crippen LogP contribution is 2.27. The number of hydrogen-bond donors (Lipinski definition) is 1. The Bertz CT molecular complexity index is 929. The molecule has 3 amide bonds. The molecule has 0 atom stereocenters. The van der Waals surface area contributed by atoms with Gasteiger partial charge in [-0.3, -0.25) is 4.79 Å². The van der Waals surface area contributed by atoms with E-state index in [1.54, 1.807) is 38.1 Å². The van der Waals surface area contributed by atoms with Crippen molar-refractivity contribution in [3.05, 3.63) is 47.7 Å². The molecule has 1 aliphatic heterocycles. The number of carbonyl (C=O) groups is 2. The molecule has 1 saturated heterocycles. The van der Waals surface area contributed by atoms with Crippen LogP contribution in [0.2, 0.25) is 0 Å². The van der Waals surface area contributed by atoms with Crippen molar-refractivity contribution in [2.45, 2.75) is 39.2 Å². The van der Waals surface area contributed by atoms with Gasteiger partial charge in [-0.2, -0.15) is 5.26 Å². The maximum atomic E-state index is 12.3. The molecule has 1 aromatic heterocycles. The first-order valence-electron chi connectivity index (χ1n) is 8.69. The van der Waals surface area contributed by atoms with Gasteiger partial charge in [0.25, 0.3) is 5.91 Å². The number of rotatable bonds is 5. The fraction of sp³-hybridized carbons (Fsp3) is 0.300. The first kappa shape index (κ1) is 18.4. The second-order valence-corrected chi connectivity index (χ2v) is 6.83. The van der Waals surface area contributed by atoms with Crippen molar-refractivity contribution < 1.29 is 14.3 Å². The van der Waals surface area contributed by atoms with Gasteiger partial charge in [-0.15, -0.1) is 0 Å². The molecule has 1 aromatic carbocycles. The molecule has 138 valence electrons. The molecule has 7 nitrogen and oxygen atoms in total. The molecule has 0 spiro atoms. The van der Waals surface area contributed by atoms with E-state index in [4.69, 9.17) is 4.74 Å². The largest absolute Gasteiger partial charge is 0.439 e. The topological polar surface area (TPSA) is 95.3 Å². The van der Waals surface area contributed by atoms with Crippen molar-refractivity contribution in [2.75, 3.05) is 4.90 Å². The monoisotopic (exact) mass is 364 g/mol. The van der Waals surface area contributed by atoms with Crippen LogP contribution >= 0.6 is 0 Å². The van der Waals surface area contributed by atoms with Crippen molar-refractivity contribution in [1.29, 1.82) is 5.26 Å². The maximum absolute atomic E-state index is 12.3. The van der Waals surface area contributed by atoms with Crippen LogP contribution in [0.25, 0.3) is 0 Å². The van der Waals surface area contributed by atoms with Crippen molar-refractivity contribution >= 4 is 17.6 Å². The van der Waals surface area contributed by atoms with Gasteiger partial charge in [0.1, 0.15) is 11.3 Å². The van der Waals surface area contributed by atoms with Gasteiger partial charge in [0.15, 0.2) is 0 Å². The van der Waals surface area contributed by atoms with E-state index >= 15 is 0 Å². The number of benzene rings is 1. The Morgan fingerprint density at radius 2 is 2.04 bits per heavy atom. The predicted molar refractivity (Wildman–Crippen MR) is 99.6 cm³/mol. The third-order valence-electron chi connectivity index (χ3n) is 4.28. The first-order chi connectivity index (χ1) is 12.9. The molecule has 0 aliphatic carbocycles. The zero-order valence-corrected chi connectivity index (χ0v) is 15.4. The molecule has 0 bridgehead atoms. The normalized spacial score (nSPS) is 15.4. The highest BCUT2D eigenvalue weighted by atomic mass is 16.5. The average molecular weight is 364 g/mol. The van der Waals surface area contributed by atoms with Crippen LogP contribution in [-0.4, -0.2) is 22.5 Å². The fourth-order valence-electron chi connectivity index (χ4n) is 2.89. The minimum atomic E-state index is -0.940. The predicted octanol–water partition coefficient (Wildman–Crippen LogP) is 3.53. The van der Waals surface area contributed by atoms with E-state index in [1.165, 1.54) is 6.20 Å². The lowest BCUT2D eigenvalue weighted by Crippen LogP contribution is -2.40. The zero-order valence-electron chi connectivity index (χ0n) is 15.4. The van der Waals surface area contributed by atoms with Gasteiger partial charge in [-0.05, 0) is 50.1 Å². The molecular weight excluding hydrogens is 344 g/mol. The van der Waals surface area contributed by atoms with Gasteiger partial charge >= 0.3 is 6.03 Å². The van der Waals surface area contributed by atoms with Crippen molar-refractivity contribution in [3.63, 3.8) is 0 Å². The quantitative estimate of drug-likeness (QED) is 0.819. The van der Waals surface area contributed by atoms with Gasteiger partial charge < -0.3 is 10.1 Å². The Kier molecular flexibility index (Phi) is 4.82. The summed E-state index contributed by atoms with van der Waals surface area (Å²) in [6, 6.07) is 10.2. The number of ether oxygens (including phenoxy) is 1. The Morgan fingerprint density at radius 3 is 2.59 bits per heavy atom. The highest BCUT2D eigenvalue weighted by molar-refractivity contribution is 6.22. The molecule has 2 heterocycles. The SMILES string of the molecule is CCCc1cc(Oc2ccc(N3C(=O)NC(C)(C)C3=O)cn2)ccc1C#N.